The molecule has 0 radical (unpaired) electrons. The number of rotatable bonds is 0. The van der Waals surface area contributed by atoms with Crippen LogP contribution < -0.4 is 104 Å². The molecule has 0 aromatic rings. The summed E-state index contributed by atoms with van der Waals surface area (Å²) in [5, 5.41) is 41.5. The van der Waals surface area contributed by atoms with Gasteiger partial charge in [0, 0.05) is 31.8 Å². The second-order valence-corrected chi connectivity index (χ2v) is 2.51. The minimum absolute atomic E-state index is 0. The van der Waals surface area contributed by atoms with E-state index in [4.69, 9.17) is 49.5 Å². The minimum atomic E-state index is -1.08. The van der Waals surface area contributed by atoms with Crippen molar-refractivity contribution in [1.82, 2.24) is 0 Å². The standard InChI is InChI=1S/5C2H4O2.3Na/c5*1-2(3)4;;;/h5*1H3,(H,3,4);;;/q;;;;;3*+1/p-3. The molecule has 0 aromatic heterocycles. The molecule has 0 fully saturated rings. The molecule has 0 spiro atoms. The first-order valence-electron chi connectivity index (χ1n) is 4.58. The molecule has 120 valence electrons. The average molecular weight is 366 g/mol. The van der Waals surface area contributed by atoms with Crippen LogP contribution in [0.4, 0.5) is 0 Å². The smallest absolute Gasteiger partial charge is 0.550 e. The quantitative estimate of drug-likeness (QED) is 0.388. The van der Waals surface area contributed by atoms with Gasteiger partial charge in [-0.15, -0.1) is 0 Å². The van der Waals surface area contributed by atoms with E-state index in [2.05, 4.69) is 0 Å². The molecule has 0 aliphatic carbocycles. The van der Waals surface area contributed by atoms with Crippen LogP contribution >= 0.6 is 0 Å². The largest absolute Gasteiger partial charge is 1.00 e. The Morgan fingerprint density at radius 2 is 0.522 bits per heavy atom. The van der Waals surface area contributed by atoms with Crippen molar-refractivity contribution in [2.45, 2.75) is 34.6 Å². The van der Waals surface area contributed by atoms with Crippen molar-refractivity contribution < 1.29 is 138 Å². The zero-order valence-electron chi connectivity index (χ0n) is 14.7. The van der Waals surface area contributed by atoms with Crippen LogP contribution in [0, 0.1) is 0 Å². The molecule has 0 aliphatic rings. The van der Waals surface area contributed by atoms with Crippen LogP contribution in [-0.2, 0) is 24.0 Å². The average Bonchev–Trinajstić information content (AvgIpc) is 1.94. The number of carboxylic acids is 5. The maximum Gasteiger partial charge on any atom is 1.00 e. The van der Waals surface area contributed by atoms with Crippen molar-refractivity contribution in [2.75, 3.05) is 0 Å². The summed E-state index contributed by atoms with van der Waals surface area (Å²) in [7, 11) is 0. The van der Waals surface area contributed by atoms with Crippen molar-refractivity contribution in [3.05, 3.63) is 0 Å². The first-order valence-corrected chi connectivity index (χ1v) is 4.58. The predicted molar refractivity (Wildman–Crippen MR) is 58.7 cm³/mol. The Labute approximate surface area is 200 Å². The van der Waals surface area contributed by atoms with Crippen molar-refractivity contribution in [1.29, 1.82) is 0 Å². The predicted octanol–water partition coefficient (Wildman–Crippen LogP) is -12.5. The van der Waals surface area contributed by atoms with E-state index in [0.29, 0.717) is 0 Å². The van der Waals surface area contributed by atoms with Crippen molar-refractivity contribution in [2.24, 2.45) is 0 Å². The fourth-order valence-electron chi connectivity index (χ4n) is 0. The van der Waals surface area contributed by atoms with Crippen molar-refractivity contribution in [3.63, 3.8) is 0 Å². The molecular formula is C10H17Na3O10. The van der Waals surface area contributed by atoms with Crippen molar-refractivity contribution >= 4 is 29.8 Å². The van der Waals surface area contributed by atoms with Gasteiger partial charge in [0.25, 0.3) is 11.9 Å². The molecular weight excluding hydrogens is 349 g/mol. The summed E-state index contributed by atoms with van der Waals surface area (Å²) < 4.78 is 0. The van der Waals surface area contributed by atoms with E-state index < -0.39 is 29.8 Å². The normalized spacial score (nSPS) is 5.43. The summed E-state index contributed by atoms with van der Waals surface area (Å²) in [6.07, 6.45) is 0. The molecule has 0 unspecified atom stereocenters. The second kappa shape index (κ2) is 43.2. The molecule has 0 aromatic carbocycles. The Balaban J connectivity index is -0.0000000197. The van der Waals surface area contributed by atoms with Gasteiger partial charge in [-0.2, -0.15) is 0 Å². The SMILES string of the molecule is CC(=O)O.CC(=O)O.CC(=O)[O-].CC(=O)[O-].CC(=O)[O-].[Na+].[Na+].[Na+]. The summed E-state index contributed by atoms with van der Waals surface area (Å²) in [6, 6.07) is 0. The molecule has 0 heterocycles. The molecule has 10 nitrogen and oxygen atoms in total. The van der Waals surface area contributed by atoms with Gasteiger partial charge in [0.2, 0.25) is 0 Å². The molecule has 0 saturated heterocycles. The Morgan fingerprint density at radius 3 is 0.522 bits per heavy atom. The summed E-state index contributed by atoms with van der Waals surface area (Å²) in [6.45, 7) is 5.08. The Kier molecular flexibility index (Phi) is 93.1. The molecule has 2 N–H and O–H groups in total. The number of carbonyl (C=O) groups is 5. The van der Waals surface area contributed by atoms with Gasteiger partial charge >= 0.3 is 88.7 Å². The number of aliphatic carboxylic acids is 5. The Hall–Kier alpha value is 0.350. The van der Waals surface area contributed by atoms with E-state index in [1.807, 2.05) is 0 Å². The fourth-order valence-corrected chi connectivity index (χ4v) is 0. The van der Waals surface area contributed by atoms with Crippen LogP contribution in [0.5, 0.6) is 0 Å². The van der Waals surface area contributed by atoms with Crippen LogP contribution in [0.3, 0.4) is 0 Å². The van der Waals surface area contributed by atoms with Crippen LogP contribution in [0.1, 0.15) is 34.6 Å². The summed E-state index contributed by atoms with van der Waals surface area (Å²) in [4.78, 5) is 44.7. The van der Waals surface area contributed by atoms with E-state index in [1.165, 1.54) is 0 Å². The van der Waals surface area contributed by atoms with E-state index in [0.717, 1.165) is 34.6 Å². The fraction of sp³-hybridized carbons (Fsp3) is 0.500. The zero-order chi connectivity index (χ0) is 17.9. The van der Waals surface area contributed by atoms with Crippen LogP contribution in [-0.4, -0.2) is 40.1 Å². The van der Waals surface area contributed by atoms with Gasteiger partial charge in [-0.3, -0.25) is 9.59 Å². The van der Waals surface area contributed by atoms with Gasteiger partial charge in [0.1, 0.15) is 0 Å². The maximum atomic E-state index is 9.00. The molecule has 23 heavy (non-hydrogen) atoms. The second-order valence-electron chi connectivity index (χ2n) is 2.51. The van der Waals surface area contributed by atoms with Crippen LogP contribution in [0.2, 0.25) is 0 Å². The molecule has 0 atom stereocenters. The minimum Gasteiger partial charge on any atom is -0.550 e. The number of carboxylic acid groups (broad SMARTS) is 5. The molecule has 0 amide bonds. The van der Waals surface area contributed by atoms with Crippen LogP contribution in [0.15, 0.2) is 0 Å². The third-order valence-electron chi connectivity index (χ3n) is 0. The first-order chi connectivity index (χ1) is 8.66. The Bertz CT molecular complexity index is 218. The van der Waals surface area contributed by atoms with Crippen LogP contribution in [0.25, 0.3) is 0 Å². The maximum absolute atomic E-state index is 9.00. The topological polar surface area (TPSA) is 195 Å². The molecule has 13 heteroatoms. The third kappa shape index (κ3) is 75600. The number of carbonyl (C=O) groups excluding carboxylic acids is 3. The first kappa shape index (κ1) is 49.5. The van der Waals surface area contributed by atoms with Gasteiger partial charge in [-0.05, 0) is 20.8 Å². The van der Waals surface area contributed by atoms with E-state index in [-0.39, 0.29) is 88.7 Å². The van der Waals surface area contributed by atoms with Gasteiger partial charge in [0.05, 0.1) is 0 Å². The van der Waals surface area contributed by atoms with E-state index in [9.17, 15) is 0 Å². The van der Waals surface area contributed by atoms with E-state index in [1.54, 1.807) is 0 Å². The van der Waals surface area contributed by atoms with Gasteiger partial charge in [-0.1, -0.05) is 0 Å². The number of hydrogen-bond donors (Lipinski definition) is 2. The zero-order valence-corrected chi connectivity index (χ0v) is 20.7. The van der Waals surface area contributed by atoms with Gasteiger partial charge in [-0.25, -0.2) is 0 Å². The third-order valence-corrected chi connectivity index (χ3v) is 0. The van der Waals surface area contributed by atoms with E-state index >= 15 is 0 Å². The number of hydrogen-bond acceptors (Lipinski definition) is 8. The molecule has 0 saturated carbocycles. The van der Waals surface area contributed by atoms with Gasteiger partial charge in [0.15, 0.2) is 0 Å². The van der Waals surface area contributed by atoms with Gasteiger partial charge < -0.3 is 39.9 Å². The molecule has 0 bridgehead atoms. The summed E-state index contributed by atoms with van der Waals surface area (Å²) in [5.41, 5.74) is 0. The van der Waals surface area contributed by atoms with Crippen molar-refractivity contribution in [3.8, 4) is 0 Å². The molecule has 0 aliphatic heterocycles. The summed E-state index contributed by atoms with van der Waals surface area (Å²) in [5.74, 6) is -4.92. The molecule has 0 rings (SSSR count). The Morgan fingerprint density at radius 1 is 0.522 bits per heavy atom. The summed E-state index contributed by atoms with van der Waals surface area (Å²) >= 11 is 0. The monoisotopic (exact) mass is 366 g/mol.